The maximum absolute atomic E-state index is 11.0. The molecule has 0 saturated carbocycles. The first-order valence-electron chi connectivity index (χ1n) is 8.83. The van der Waals surface area contributed by atoms with Gasteiger partial charge < -0.3 is 9.73 Å². The first-order valence-corrected chi connectivity index (χ1v) is 8.83. The van der Waals surface area contributed by atoms with Crippen LogP contribution in [-0.4, -0.2) is 9.97 Å². The number of hydrogen-bond donors (Lipinski definition) is 1. The largest absolute Gasteiger partial charge is 0.452 e. The van der Waals surface area contributed by atoms with E-state index >= 15 is 0 Å². The van der Waals surface area contributed by atoms with Crippen LogP contribution in [0.2, 0.25) is 0 Å². The molecule has 0 aliphatic heterocycles. The van der Waals surface area contributed by atoms with Crippen LogP contribution in [0.25, 0.3) is 22.3 Å². The maximum atomic E-state index is 11.0. The summed E-state index contributed by atoms with van der Waals surface area (Å²) < 4.78 is 6.08. The van der Waals surface area contributed by atoms with Crippen molar-refractivity contribution in [1.82, 2.24) is 9.97 Å². The molecule has 0 amide bonds. The minimum absolute atomic E-state index is 0.220. The molecule has 1 aliphatic rings. The second-order valence-electron chi connectivity index (χ2n) is 6.61. The summed E-state index contributed by atoms with van der Waals surface area (Å²) in [5.74, 6) is 0.744. The molecule has 27 heavy (non-hydrogen) atoms. The third-order valence-electron chi connectivity index (χ3n) is 5.02. The van der Waals surface area contributed by atoms with E-state index in [1.54, 1.807) is 24.8 Å². The maximum Gasteiger partial charge on any atom is 0.159 e. The Hall–Kier alpha value is -3.54. The zero-order chi connectivity index (χ0) is 18.2. The Kier molecular flexibility index (Phi) is 3.67. The molecule has 1 atom stereocenters. The van der Waals surface area contributed by atoms with Gasteiger partial charge in [0.2, 0.25) is 0 Å². The fourth-order valence-corrected chi connectivity index (χ4v) is 3.71. The average molecular weight is 356 g/mol. The summed E-state index contributed by atoms with van der Waals surface area (Å²) >= 11 is 0. The molecule has 0 radical (unpaired) electrons. The third-order valence-corrected chi connectivity index (χ3v) is 5.02. The van der Waals surface area contributed by atoms with Crippen LogP contribution in [0.4, 0.5) is 11.4 Å². The molecule has 0 bridgehead atoms. The summed E-state index contributed by atoms with van der Waals surface area (Å²) in [5, 5.41) is 7.70. The Balaban J connectivity index is 1.60. The molecule has 3 heterocycles. The van der Waals surface area contributed by atoms with Crippen molar-refractivity contribution in [3.8, 4) is 11.3 Å². The predicted molar refractivity (Wildman–Crippen MR) is 104 cm³/mol. The van der Waals surface area contributed by atoms with E-state index in [2.05, 4.69) is 26.5 Å². The highest BCUT2D eigenvalue weighted by Gasteiger charge is 2.24. The van der Waals surface area contributed by atoms with Gasteiger partial charge in [0.1, 0.15) is 6.04 Å². The second-order valence-corrected chi connectivity index (χ2v) is 6.61. The molecule has 0 fully saturated rings. The first-order chi connectivity index (χ1) is 13.3. The number of aromatic nitrogens is 2. The molecule has 4 aromatic rings. The summed E-state index contributed by atoms with van der Waals surface area (Å²) in [6.07, 6.45) is 8.61. The van der Waals surface area contributed by atoms with Crippen molar-refractivity contribution in [3.63, 3.8) is 0 Å². The molecule has 0 saturated heterocycles. The van der Waals surface area contributed by atoms with Crippen molar-refractivity contribution >= 4 is 22.3 Å². The summed E-state index contributed by atoms with van der Waals surface area (Å²) in [5.41, 5.74) is 5.71. The summed E-state index contributed by atoms with van der Waals surface area (Å²) in [7, 11) is 0. The van der Waals surface area contributed by atoms with Gasteiger partial charge >= 0.3 is 0 Å². The molecule has 0 spiro atoms. The van der Waals surface area contributed by atoms with E-state index in [1.165, 1.54) is 5.56 Å². The van der Waals surface area contributed by atoms with E-state index < -0.39 is 0 Å². The van der Waals surface area contributed by atoms with Gasteiger partial charge in [-0.3, -0.25) is 9.97 Å². The zero-order valence-corrected chi connectivity index (χ0v) is 14.4. The minimum atomic E-state index is -0.220. The van der Waals surface area contributed by atoms with E-state index in [0.29, 0.717) is 0 Å². The highest BCUT2D eigenvalue weighted by molar-refractivity contribution is 6.00. The Morgan fingerprint density at radius 3 is 2.78 bits per heavy atom. The molecule has 1 N–H and O–H groups in total. The van der Waals surface area contributed by atoms with Crippen molar-refractivity contribution in [2.45, 2.75) is 18.9 Å². The lowest BCUT2D eigenvalue weighted by atomic mass is 10.1. The molecule has 1 aliphatic carbocycles. The van der Waals surface area contributed by atoms with Crippen LogP contribution < -0.4 is 5.32 Å². The number of nitroso groups, excluding NO2 is 1. The average Bonchev–Trinajstić information content (AvgIpc) is 3.30. The standard InChI is InChI=1S/C21H16N4O2/c26-25-18-4-1-14-11-15(2-3-16(14)18)24-20-17-7-10-23-12-19(17)27-21(20)13-5-8-22-9-6-13/h2-3,5-12,18,24H,1,4H2. The number of fused-ring (bicyclic) bond motifs is 2. The lowest BCUT2D eigenvalue weighted by Crippen LogP contribution is -1.94. The van der Waals surface area contributed by atoms with Gasteiger partial charge in [-0.05, 0) is 54.3 Å². The Morgan fingerprint density at radius 1 is 1.07 bits per heavy atom. The lowest BCUT2D eigenvalue weighted by Gasteiger charge is -2.10. The summed E-state index contributed by atoms with van der Waals surface area (Å²) in [4.78, 5) is 19.2. The van der Waals surface area contributed by atoms with E-state index in [0.717, 1.165) is 52.1 Å². The minimum Gasteiger partial charge on any atom is -0.452 e. The van der Waals surface area contributed by atoms with Crippen LogP contribution in [0.15, 0.2) is 70.8 Å². The number of pyridine rings is 2. The topological polar surface area (TPSA) is 80.4 Å². The fraction of sp³-hybridized carbons (Fsp3) is 0.143. The lowest BCUT2D eigenvalue weighted by molar-refractivity contribution is 0.631. The van der Waals surface area contributed by atoms with E-state index in [-0.39, 0.29) is 6.04 Å². The number of anilines is 2. The van der Waals surface area contributed by atoms with Gasteiger partial charge in [0, 0.05) is 35.2 Å². The Bertz CT molecular complexity index is 1140. The van der Waals surface area contributed by atoms with Crippen molar-refractivity contribution in [2.24, 2.45) is 5.18 Å². The van der Waals surface area contributed by atoms with Crippen LogP contribution in [0.3, 0.4) is 0 Å². The van der Waals surface area contributed by atoms with Crippen molar-refractivity contribution in [3.05, 3.63) is 77.2 Å². The van der Waals surface area contributed by atoms with Crippen LogP contribution >= 0.6 is 0 Å². The quantitative estimate of drug-likeness (QED) is 0.496. The number of nitrogens with one attached hydrogen (secondary N) is 1. The molecule has 132 valence electrons. The number of hydrogen-bond acceptors (Lipinski definition) is 6. The van der Waals surface area contributed by atoms with Gasteiger partial charge in [-0.15, -0.1) is 0 Å². The molecule has 5 rings (SSSR count). The van der Waals surface area contributed by atoms with Gasteiger partial charge in [0.25, 0.3) is 0 Å². The van der Waals surface area contributed by atoms with Crippen molar-refractivity contribution in [1.29, 1.82) is 0 Å². The van der Waals surface area contributed by atoms with Crippen molar-refractivity contribution in [2.75, 3.05) is 5.32 Å². The van der Waals surface area contributed by atoms with Crippen LogP contribution in [0, 0.1) is 4.91 Å². The highest BCUT2D eigenvalue weighted by atomic mass is 16.3. The van der Waals surface area contributed by atoms with Crippen molar-refractivity contribution < 1.29 is 4.42 Å². The zero-order valence-electron chi connectivity index (χ0n) is 14.4. The van der Waals surface area contributed by atoms with E-state index in [9.17, 15) is 4.91 Å². The van der Waals surface area contributed by atoms with E-state index in [1.807, 2.05) is 30.3 Å². The highest BCUT2D eigenvalue weighted by Crippen LogP contribution is 2.41. The molecule has 1 aromatic carbocycles. The second kappa shape index (κ2) is 6.32. The number of furan rings is 1. The van der Waals surface area contributed by atoms with Crippen LogP contribution in [-0.2, 0) is 6.42 Å². The number of nitrogens with zero attached hydrogens (tertiary/aromatic N) is 3. The van der Waals surface area contributed by atoms with Gasteiger partial charge in [-0.25, -0.2) is 0 Å². The number of rotatable bonds is 4. The monoisotopic (exact) mass is 356 g/mol. The number of benzene rings is 1. The molecular formula is C21H16N4O2. The molecule has 6 heteroatoms. The van der Waals surface area contributed by atoms with Gasteiger partial charge in [0.05, 0.1) is 11.9 Å². The third kappa shape index (κ3) is 2.66. The molecule has 3 aromatic heterocycles. The molecule has 6 nitrogen and oxygen atoms in total. The molecule has 1 unspecified atom stereocenters. The number of aryl methyl sites for hydroxylation is 1. The predicted octanol–water partition coefficient (Wildman–Crippen LogP) is 5.39. The smallest absolute Gasteiger partial charge is 0.159 e. The normalized spacial score (nSPS) is 15.6. The summed E-state index contributed by atoms with van der Waals surface area (Å²) in [6.45, 7) is 0. The van der Waals surface area contributed by atoms with E-state index in [4.69, 9.17) is 4.42 Å². The SMILES string of the molecule is O=NC1CCc2cc(Nc3c(-c4ccncc4)oc4cnccc34)ccc21. The van der Waals surface area contributed by atoms with Gasteiger partial charge in [-0.2, -0.15) is 4.91 Å². The Labute approximate surface area is 155 Å². The first kappa shape index (κ1) is 15.7. The summed E-state index contributed by atoms with van der Waals surface area (Å²) in [6, 6.07) is 11.6. The van der Waals surface area contributed by atoms with Crippen LogP contribution in [0.1, 0.15) is 23.6 Å². The fourth-order valence-electron chi connectivity index (χ4n) is 3.71. The van der Waals surface area contributed by atoms with Gasteiger partial charge in [-0.1, -0.05) is 11.2 Å². The van der Waals surface area contributed by atoms with Crippen LogP contribution in [0.5, 0.6) is 0 Å². The van der Waals surface area contributed by atoms with Gasteiger partial charge in [0.15, 0.2) is 11.3 Å². The Morgan fingerprint density at radius 2 is 1.93 bits per heavy atom. The molecular weight excluding hydrogens is 340 g/mol.